The van der Waals surface area contributed by atoms with Crippen molar-refractivity contribution in [3.05, 3.63) is 52.5 Å². The summed E-state index contributed by atoms with van der Waals surface area (Å²) in [6, 6.07) is 5.95. The molecule has 2 aromatic rings. The summed E-state index contributed by atoms with van der Waals surface area (Å²) in [6.45, 7) is 7.35. The Balaban J connectivity index is 1.40. The third-order valence-corrected chi connectivity index (χ3v) is 7.10. The molecule has 2 amide bonds. The van der Waals surface area contributed by atoms with Gasteiger partial charge in [-0.05, 0) is 56.7 Å². The predicted octanol–water partition coefficient (Wildman–Crippen LogP) is 3.49. The van der Waals surface area contributed by atoms with Crippen molar-refractivity contribution in [1.82, 2.24) is 10.2 Å². The Morgan fingerprint density at radius 2 is 2.10 bits per heavy atom. The van der Waals surface area contributed by atoms with E-state index in [2.05, 4.69) is 17.6 Å². The third-order valence-electron chi connectivity index (χ3n) is 7.10. The van der Waals surface area contributed by atoms with Crippen LogP contribution < -0.4 is 10.6 Å². The SMILES string of the molecule is CCc1coc(C(=O)N2C[C@@H]3CC[C@]4(NC(=O)c5cc(C)ccc5N4)[C@@H]3C2)c1C. The zero-order chi connectivity index (χ0) is 20.3. The quantitative estimate of drug-likeness (QED) is 0.819. The molecule has 2 fully saturated rings. The Labute approximate surface area is 170 Å². The highest BCUT2D eigenvalue weighted by Gasteiger charge is 2.56. The topological polar surface area (TPSA) is 74.6 Å². The van der Waals surface area contributed by atoms with Crippen molar-refractivity contribution in [1.29, 1.82) is 0 Å². The number of nitrogens with one attached hydrogen (secondary N) is 2. The molecule has 0 radical (unpaired) electrons. The second-order valence-electron chi connectivity index (χ2n) is 8.78. The number of carbonyl (C=O) groups is 2. The standard InChI is InChI=1S/C23H27N3O3/c1-4-15-12-29-20(14(15)3)22(28)26-10-16-7-8-23(18(16)11-26)24-19-6-5-13(2)9-17(19)21(27)25-23/h5-6,9,12,16,18,24H,4,7-8,10-11H2,1-3H3,(H,25,27)/t16-,18+,23-/m0/s1. The lowest BCUT2D eigenvalue weighted by Crippen LogP contribution is -2.61. The Bertz CT molecular complexity index is 1010. The molecule has 1 aromatic heterocycles. The zero-order valence-electron chi connectivity index (χ0n) is 17.2. The molecule has 3 heterocycles. The number of rotatable bonds is 2. The summed E-state index contributed by atoms with van der Waals surface area (Å²) in [5, 5.41) is 6.89. The predicted molar refractivity (Wildman–Crippen MR) is 110 cm³/mol. The van der Waals surface area contributed by atoms with Gasteiger partial charge in [-0.2, -0.15) is 0 Å². The minimum atomic E-state index is -0.480. The van der Waals surface area contributed by atoms with Gasteiger partial charge in [0.25, 0.3) is 11.8 Å². The van der Waals surface area contributed by atoms with E-state index >= 15 is 0 Å². The van der Waals surface area contributed by atoms with E-state index in [1.54, 1.807) is 6.26 Å². The fraction of sp³-hybridized carbons (Fsp3) is 0.478. The van der Waals surface area contributed by atoms with E-state index < -0.39 is 5.66 Å². The fourth-order valence-electron chi connectivity index (χ4n) is 5.45. The van der Waals surface area contributed by atoms with Crippen molar-refractivity contribution >= 4 is 17.5 Å². The molecule has 29 heavy (non-hydrogen) atoms. The normalized spacial score (nSPS) is 27.6. The van der Waals surface area contributed by atoms with E-state index in [0.29, 0.717) is 30.3 Å². The van der Waals surface area contributed by atoms with E-state index in [-0.39, 0.29) is 17.7 Å². The number of amides is 2. The molecule has 1 saturated carbocycles. The maximum Gasteiger partial charge on any atom is 0.289 e. The summed E-state index contributed by atoms with van der Waals surface area (Å²) in [5.41, 5.74) is 4.20. The first-order valence-electron chi connectivity index (χ1n) is 10.5. The lowest BCUT2D eigenvalue weighted by Gasteiger charge is -2.42. The number of likely N-dealkylation sites (tertiary alicyclic amines) is 1. The smallest absolute Gasteiger partial charge is 0.289 e. The van der Waals surface area contributed by atoms with Crippen LogP contribution in [0.25, 0.3) is 0 Å². The van der Waals surface area contributed by atoms with Gasteiger partial charge >= 0.3 is 0 Å². The Morgan fingerprint density at radius 3 is 2.86 bits per heavy atom. The third kappa shape index (κ3) is 2.69. The van der Waals surface area contributed by atoms with Gasteiger partial charge in [0.15, 0.2) is 5.76 Å². The first kappa shape index (κ1) is 18.3. The molecule has 2 N–H and O–H groups in total. The maximum absolute atomic E-state index is 13.1. The average Bonchev–Trinajstić information content (AvgIpc) is 3.37. The first-order valence-corrected chi connectivity index (χ1v) is 10.5. The van der Waals surface area contributed by atoms with Crippen LogP contribution in [0.1, 0.15) is 57.4 Å². The van der Waals surface area contributed by atoms with Gasteiger partial charge in [0.05, 0.1) is 11.8 Å². The second kappa shape index (κ2) is 6.37. The van der Waals surface area contributed by atoms with Gasteiger partial charge in [0, 0.05) is 30.3 Å². The molecule has 1 aromatic carbocycles. The van der Waals surface area contributed by atoms with Crippen molar-refractivity contribution in [3.63, 3.8) is 0 Å². The molecule has 152 valence electrons. The number of hydrogen-bond acceptors (Lipinski definition) is 4. The molecular formula is C23H27N3O3. The summed E-state index contributed by atoms with van der Waals surface area (Å²) >= 11 is 0. The number of furan rings is 1. The molecule has 6 heteroatoms. The van der Waals surface area contributed by atoms with E-state index in [0.717, 1.165) is 41.6 Å². The number of nitrogens with zero attached hydrogens (tertiary/aromatic N) is 1. The van der Waals surface area contributed by atoms with Crippen LogP contribution in [-0.4, -0.2) is 35.5 Å². The van der Waals surface area contributed by atoms with Crippen molar-refractivity contribution < 1.29 is 14.0 Å². The molecule has 2 aliphatic heterocycles. The molecule has 1 aliphatic carbocycles. The fourth-order valence-corrected chi connectivity index (χ4v) is 5.45. The maximum atomic E-state index is 13.1. The molecule has 0 unspecified atom stereocenters. The van der Waals surface area contributed by atoms with E-state index in [4.69, 9.17) is 4.42 Å². The lowest BCUT2D eigenvalue weighted by atomic mass is 9.89. The van der Waals surface area contributed by atoms with Crippen LogP contribution in [-0.2, 0) is 6.42 Å². The monoisotopic (exact) mass is 393 g/mol. The number of hydrogen-bond donors (Lipinski definition) is 2. The van der Waals surface area contributed by atoms with Gasteiger partial charge < -0.3 is 20.0 Å². The van der Waals surface area contributed by atoms with Crippen LogP contribution in [0.2, 0.25) is 0 Å². The Hall–Kier alpha value is -2.76. The van der Waals surface area contributed by atoms with Gasteiger partial charge in [-0.1, -0.05) is 18.6 Å². The average molecular weight is 393 g/mol. The summed E-state index contributed by atoms with van der Waals surface area (Å²) in [4.78, 5) is 27.9. The van der Waals surface area contributed by atoms with Crippen molar-refractivity contribution in [2.75, 3.05) is 18.4 Å². The highest BCUT2D eigenvalue weighted by atomic mass is 16.3. The minimum absolute atomic E-state index is 0.0256. The molecule has 6 nitrogen and oxygen atoms in total. The second-order valence-corrected chi connectivity index (χ2v) is 8.78. The number of anilines is 1. The van der Waals surface area contributed by atoms with Crippen LogP contribution in [0.4, 0.5) is 5.69 Å². The number of aryl methyl sites for hydroxylation is 2. The Morgan fingerprint density at radius 1 is 1.28 bits per heavy atom. The highest BCUT2D eigenvalue weighted by molar-refractivity contribution is 6.02. The van der Waals surface area contributed by atoms with Gasteiger partial charge in [0.2, 0.25) is 0 Å². The zero-order valence-corrected chi connectivity index (χ0v) is 17.2. The summed E-state index contributed by atoms with van der Waals surface area (Å²) in [5.74, 6) is 0.954. The van der Waals surface area contributed by atoms with Crippen molar-refractivity contribution in [2.24, 2.45) is 11.8 Å². The molecule has 1 spiro atoms. The van der Waals surface area contributed by atoms with Crippen LogP contribution in [0.3, 0.4) is 0 Å². The van der Waals surface area contributed by atoms with Crippen LogP contribution in [0, 0.1) is 25.7 Å². The summed E-state index contributed by atoms with van der Waals surface area (Å²) < 4.78 is 5.62. The van der Waals surface area contributed by atoms with Gasteiger partial charge in [0.1, 0.15) is 5.66 Å². The molecule has 5 rings (SSSR count). The van der Waals surface area contributed by atoms with Gasteiger partial charge in [-0.25, -0.2) is 0 Å². The molecule has 3 atom stereocenters. The summed E-state index contributed by atoms with van der Waals surface area (Å²) in [7, 11) is 0. The van der Waals surface area contributed by atoms with E-state index in [1.165, 1.54) is 0 Å². The molecule has 0 bridgehead atoms. The molecule has 3 aliphatic rings. The largest absolute Gasteiger partial charge is 0.459 e. The number of fused-ring (bicyclic) bond motifs is 3. The van der Waals surface area contributed by atoms with Crippen LogP contribution >= 0.6 is 0 Å². The highest BCUT2D eigenvalue weighted by Crippen LogP contribution is 2.47. The van der Waals surface area contributed by atoms with Crippen LogP contribution in [0.15, 0.2) is 28.9 Å². The minimum Gasteiger partial charge on any atom is -0.459 e. The summed E-state index contributed by atoms with van der Waals surface area (Å²) in [6.07, 6.45) is 4.41. The van der Waals surface area contributed by atoms with Crippen molar-refractivity contribution in [3.8, 4) is 0 Å². The molecule has 1 saturated heterocycles. The molecular weight excluding hydrogens is 366 g/mol. The van der Waals surface area contributed by atoms with E-state index in [1.807, 2.05) is 36.9 Å². The lowest BCUT2D eigenvalue weighted by molar-refractivity contribution is 0.0736. The number of benzene rings is 1. The van der Waals surface area contributed by atoms with Crippen LogP contribution in [0.5, 0.6) is 0 Å². The van der Waals surface area contributed by atoms with E-state index in [9.17, 15) is 9.59 Å². The van der Waals surface area contributed by atoms with Crippen molar-refractivity contribution in [2.45, 2.75) is 45.7 Å². The van der Waals surface area contributed by atoms with Gasteiger partial charge in [-0.3, -0.25) is 9.59 Å². The number of carbonyl (C=O) groups excluding carboxylic acids is 2. The van der Waals surface area contributed by atoms with Gasteiger partial charge in [-0.15, -0.1) is 0 Å². The Kier molecular flexibility index (Phi) is 4.02. The first-order chi connectivity index (χ1) is 13.9.